The second kappa shape index (κ2) is 8.62. The number of carbonyl (C=O) groups is 1. The molecular weight excluding hydrogens is 419 g/mol. The molecule has 0 bridgehead atoms. The van der Waals surface area contributed by atoms with E-state index in [9.17, 15) is 13.6 Å². The minimum Gasteiger partial charge on any atom is -0.365 e. The number of aromatic nitrogens is 1. The Morgan fingerprint density at radius 2 is 2.17 bits per heavy atom. The van der Waals surface area contributed by atoms with Gasteiger partial charge in [-0.1, -0.05) is 22.8 Å². The zero-order valence-electron chi connectivity index (χ0n) is 16.7. The first-order valence-corrected chi connectivity index (χ1v) is 11.3. The predicted molar refractivity (Wildman–Crippen MR) is 117 cm³/mol. The fourth-order valence-corrected chi connectivity index (χ4v) is 5.07. The molecule has 1 atom stereocenters. The van der Waals surface area contributed by atoms with Crippen molar-refractivity contribution in [1.29, 1.82) is 0 Å². The van der Waals surface area contributed by atoms with Gasteiger partial charge in [0.2, 0.25) is 0 Å². The van der Waals surface area contributed by atoms with Crippen LogP contribution in [0, 0.1) is 5.41 Å². The van der Waals surface area contributed by atoms with E-state index in [-0.39, 0.29) is 18.9 Å². The maximum atomic E-state index is 13.7. The van der Waals surface area contributed by atoms with Crippen molar-refractivity contribution >= 4 is 43.1 Å². The first-order chi connectivity index (χ1) is 14.3. The summed E-state index contributed by atoms with van der Waals surface area (Å²) in [5.74, 6) is -1.31. The van der Waals surface area contributed by atoms with Gasteiger partial charge in [-0.25, -0.2) is 13.8 Å². The fourth-order valence-electron chi connectivity index (χ4n) is 3.80. The Labute approximate surface area is 186 Å². The summed E-state index contributed by atoms with van der Waals surface area (Å²) in [5.41, 5.74) is 1.97. The molecule has 4 nitrogen and oxygen atoms in total. The molecule has 0 fully saturated rings. The highest BCUT2D eigenvalue weighted by Crippen LogP contribution is 2.35. The lowest BCUT2D eigenvalue weighted by atomic mass is 9.83. The number of fused-ring (bicyclic) bond motifs is 1. The molecule has 0 saturated carbocycles. The summed E-state index contributed by atoms with van der Waals surface area (Å²) in [6.07, 6.45) is 5.55. The minimum absolute atomic E-state index is 0.0705. The molecule has 2 aliphatic carbocycles. The zero-order chi connectivity index (χ0) is 21.3. The van der Waals surface area contributed by atoms with Crippen LogP contribution in [0.2, 0.25) is 0 Å². The number of nitrogens with one attached hydrogen (secondary N) is 2. The van der Waals surface area contributed by atoms with Crippen molar-refractivity contribution in [3.05, 3.63) is 63.7 Å². The number of amides is 1. The summed E-state index contributed by atoms with van der Waals surface area (Å²) in [6.45, 7) is 2.59. The van der Waals surface area contributed by atoms with Crippen LogP contribution in [-0.2, 0) is 19.4 Å². The molecule has 8 heteroatoms. The fraction of sp³-hybridized carbons (Fsp3) is 0.364. The van der Waals surface area contributed by atoms with Crippen molar-refractivity contribution in [2.75, 3.05) is 11.9 Å². The predicted octanol–water partition coefficient (Wildman–Crippen LogP) is 3.88. The minimum atomic E-state index is -0.838. The van der Waals surface area contributed by atoms with E-state index < -0.39 is 17.1 Å². The Balaban J connectivity index is 1.50. The summed E-state index contributed by atoms with van der Waals surface area (Å²) >= 11 is 4.35. The molecule has 2 radical (unpaired) electrons. The lowest BCUT2D eigenvalue weighted by Crippen LogP contribution is -2.36. The summed E-state index contributed by atoms with van der Waals surface area (Å²) in [7, 11) is 0. The van der Waals surface area contributed by atoms with Crippen LogP contribution < -0.4 is 14.4 Å². The molecule has 0 saturated heterocycles. The smallest absolute Gasteiger partial charge is 0.255 e. The quantitative estimate of drug-likeness (QED) is 0.669. The van der Waals surface area contributed by atoms with Crippen LogP contribution >= 0.6 is 11.3 Å². The molecule has 0 aliphatic heterocycles. The van der Waals surface area contributed by atoms with E-state index in [0.717, 1.165) is 45.2 Å². The number of pyridine rings is 1. The van der Waals surface area contributed by atoms with Gasteiger partial charge in [0.25, 0.3) is 5.91 Å². The normalized spacial score (nSPS) is 20.4. The summed E-state index contributed by atoms with van der Waals surface area (Å²) in [4.78, 5) is 18.9. The van der Waals surface area contributed by atoms with Crippen molar-refractivity contribution in [1.82, 2.24) is 10.3 Å². The molecular formula is C22H22AlF2N3OS. The number of halogens is 2. The van der Waals surface area contributed by atoms with Gasteiger partial charge in [-0.3, -0.25) is 4.79 Å². The van der Waals surface area contributed by atoms with E-state index in [0.29, 0.717) is 17.9 Å². The number of hydrogen-bond donors (Lipinski definition) is 2. The van der Waals surface area contributed by atoms with Crippen molar-refractivity contribution in [2.24, 2.45) is 5.41 Å². The molecule has 30 heavy (non-hydrogen) atoms. The highest BCUT2D eigenvalue weighted by molar-refractivity contribution is 7.20. The van der Waals surface area contributed by atoms with E-state index in [1.165, 1.54) is 0 Å². The van der Waals surface area contributed by atoms with Gasteiger partial charge in [0, 0.05) is 29.0 Å². The average molecular weight is 441 g/mol. The monoisotopic (exact) mass is 441 g/mol. The van der Waals surface area contributed by atoms with Gasteiger partial charge < -0.3 is 10.6 Å². The second-order valence-electron chi connectivity index (χ2n) is 8.10. The van der Waals surface area contributed by atoms with Gasteiger partial charge in [0.05, 0.1) is 12.1 Å². The molecule has 2 aromatic rings. The first kappa shape index (κ1) is 21.2. The van der Waals surface area contributed by atoms with Crippen LogP contribution in [0.3, 0.4) is 0 Å². The van der Waals surface area contributed by atoms with Crippen LogP contribution in [0.25, 0.3) is 0 Å². The molecule has 0 spiro atoms. The molecule has 154 valence electrons. The Morgan fingerprint density at radius 1 is 1.33 bits per heavy atom. The highest BCUT2D eigenvalue weighted by Gasteiger charge is 2.29. The van der Waals surface area contributed by atoms with Gasteiger partial charge >= 0.3 is 0 Å². The Morgan fingerprint density at radius 3 is 2.90 bits per heavy atom. The van der Waals surface area contributed by atoms with Crippen LogP contribution in [0.5, 0.6) is 0 Å². The van der Waals surface area contributed by atoms with Crippen molar-refractivity contribution in [3.63, 3.8) is 0 Å². The number of aryl methyl sites for hydroxylation is 2. The van der Waals surface area contributed by atoms with E-state index in [2.05, 4.69) is 26.9 Å². The number of anilines is 1. The molecule has 2 heterocycles. The Bertz CT molecular complexity index is 1050. The molecule has 1 amide bonds. The van der Waals surface area contributed by atoms with Crippen molar-refractivity contribution in [3.8, 4) is 0 Å². The zero-order valence-corrected chi connectivity index (χ0v) is 18.7. The third-order valence-electron chi connectivity index (χ3n) is 5.51. The second-order valence-corrected chi connectivity index (χ2v) is 10.3. The standard InChI is InChI=1S/C22H22F2N3OS.Al/c1-22(8-7-17(23)18(24)11-22)13-26-21(28)16-10-14-4-2-6-19(14)27-20(16)25-12-15-5-3-9-29-15;/h3,5,7-8,10H,2,4,6,11-13H2,1H3,(H,25,27)(H,26,28);. The first-order valence-electron chi connectivity index (χ1n) is 9.95. The summed E-state index contributed by atoms with van der Waals surface area (Å²) < 4.78 is 28.2. The lowest BCUT2D eigenvalue weighted by molar-refractivity contribution is 0.0940. The van der Waals surface area contributed by atoms with Gasteiger partial charge in [-0.15, -0.1) is 0 Å². The van der Waals surface area contributed by atoms with E-state index in [1.807, 2.05) is 18.2 Å². The number of thiophene rings is 1. The Hall–Kier alpha value is -2.01. The maximum absolute atomic E-state index is 13.7. The average Bonchev–Trinajstić information content (AvgIpc) is 3.35. The molecule has 4 rings (SSSR count). The molecule has 2 N–H and O–H groups in total. The third-order valence-corrected chi connectivity index (χ3v) is 6.97. The summed E-state index contributed by atoms with van der Waals surface area (Å²) in [5, 5.41) is 6.21. The van der Waals surface area contributed by atoms with Gasteiger partial charge in [-0.05, 0) is 43.0 Å². The van der Waals surface area contributed by atoms with E-state index in [1.54, 1.807) is 24.3 Å². The largest absolute Gasteiger partial charge is 0.365 e. The summed E-state index contributed by atoms with van der Waals surface area (Å²) in [6, 6.07) is 6.00. The van der Waals surface area contributed by atoms with Crippen LogP contribution in [0.1, 0.15) is 46.3 Å². The number of rotatable bonds is 6. The van der Waals surface area contributed by atoms with Crippen molar-refractivity contribution < 1.29 is 13.6 Å². The SMILES string of the molecule is CC1(CNC(=O)c2cc3c(nc2NCc2cc[c]([Al])s2)CCC3)C=CC(F)=C(F)C1. The topological polar surface area (TPSA) is 54.0 Å². The van der Waals surface area contributed by atoms with Crippen LogP contribution in [-0.4, -0.2) is 33.7 Å². The number of allylic oxidation sites excluding steroid dienone is 3. The van der Waals surface area contributed by atoms with Crippen molar-refractivity contribution in [2.45, 2.75) is 39.2 Å². The highest BCUT2D eigenvalue weighted by atomic mass is 32.1. The lowest BCUT2D eigenvalue weighted by Gasteiger charge is -2.28. The molecule has 2 aromatic heterocycles. The van der Waals surface area contributed by atoms with Crippen LogP contribution in [0.4, 0.5) is 14.6 Å². The number of carbonyl (C=O) groups excluding carboxylic acids is 1. The van der Waals surface area contributed by atoms with Gasteiger partial charge in [0.15, 0.2) is 22.1 Å². The maximum Gasteiger partial charge on any atom is 0.255 e. The van der Waals surface area contributed by atoms with E-state index >= 15 is 0 Å². The van der Waals surface area contributed by atoms with Gasteiger partial charge in [-0.2, -0.15) is 11.3 Å². The molecule has 2 aliphatic rings. The molecule has 1 unspecified atom stereocenters. The van der Waals surface area contributed by atoms with Crippen LogP contribution in [0.15, 0.2) is 42.0 Å². The third kappa shape index (κ3) is 4.67. The Kier molecular flexibility index (Phi) is 6.10. The van der Waals surface area contributed by atoms with E-state index in [4.69, 9.17) is 4.98 Å². The number of nitrogens with zero attached hydrogens (tertiary/aromatic N) is 1. The number of hydrogen-bond acceptors (Lipinski definition) is 4. The van der Waals surface area contributed by atoms with Gasteiger partial charge in [0.1, 0.15) is 11.6 Å². The molecule has 0 aromatic carbocycles.